The number of nitrogen functional groups attached to an aromatic ring is 1. The lowest BCUT2D eigenvalue weighted by Gasteiger charge is -2.27. The normalized spacial score (nSPS) is 19.2. The van der Waals surface area contributed by atoms with Crippen LogP contribution >= 0.6 is 12.2 Å². The zero-order valence-electron chi connectivity index (χ0n) is 9.62. The van der Waals surface area contributed by atoms with Crippen LogP contribution in [0.5, 0.6) is 0 Å². The van der Waals surface area contributed by atoms with Crippen molar-refractivity contribution in [1.29, 1.82) is 0 Å². The molecule has 2 nitrogen and oxygen atoms in total. The maximum Gasteiger partial charge on any atom is 0.0643 e. The lowest BCUT2D eigenvalue weighted by Crippen LogP contribution is -2.34. The van der Waals surface area contributed by atoms with Crippen LogP contribution in [0.2, 0.25) is 0 Å². The van der Waals surface area contributed by atoms with E-state index in [4.69, 9.17) is 18.0 Å². The topological polar surface area (TPSA) is 38.0 Å². The molecule has 0 aliphatic carbocycles. The van der Waals surface area contributed by atoms with Gasteiger partial charge in [-0.25, -0.2) is 0 Å². The summed E-state index contributed by atoms with van der Waals surface area (Å²) in [6.07, 6.45) is 3.17. The molecule has 0 bridgehead atoms. The van der Waals surface area contributed by atoms with Gasteiger partial charge in [0.1, 0.15) is 0 Å². The van der Waals surface area contributed by atoms with Crippen LogP contribution in [0, 0.1) is 0 Å². The zero-order chi connectivity index (χ0) is 11.5. The van der Waals surface area contributed by atoms with Crippen LogP contribution in [0.3, 0.4) is 0 Å². The Bertz CT molecular complexity index is 401. The number of nitrogens with two attached hydrogens (primary N) is 1. The Morgan fingerprint density at radius 1 is 1.56 bits per heavy atom. The molecule has 16 heavy (non-hydrogen) atoms. The van der Waals surface area contributed by atoms with Crippen molar-refractivity contribution in [2.75, 3.05) is 12.3 Å². The average molecular weight is 234 g/mol. The van der Waals surface area contributed by atoms with Gasteiger partial charge in [0, 0.05) is 17.1 Å². The van der Waals surface area contributed by atoms with Crippen LogP contribution in [0.4, 0.5) is 5.69 Å². The second kappa shape index (κ2) is 4.93. The van der Waals surface area contributed by atoms with Crippen LogP contribution in [0.1, 0.15) is 36.9 Å². The molecule has 3 N–H and O–H groups in total. The highest BCUT2D eigenvalue weighted by atomic mass is 32.1. The summed E-state index contributed by atoms with van der Waals surface area (Å²) in [5.41, 5.74) is 9.32. The van der Waals surface area contributed by atoms with Crippen molar-refractivity contribution >= 4 is 22.8 Å². The summed E-state index contributed by atoms with van der Waals surface area (Å²) in [6.45, 7) is 3.16. The van der Waals surface area contributed by atoms with E-state index >= 15 is 0 Å². The molecular formula is C13H18N2S. The van der Waals surface area contributed by atoms with Crippen molar-refractivity contribution < 1.29 is 0 Å². The number of hydrogen-bond acceptors (Lipinski definition) is 3. The average Bonchev–Trinajstić information content (AvgIpc) is 2.28. The summed E-state index contributed by atoms with van der Waals surface area (Å²) in [7, 11) is 0. The summed E-state index contributed by atoms with van der Waals surface area (Å²) in [5.74, 6) is 0. The molecule has 1 atom stereocenters. The molecule has 1 aliphatic rings. The molecule has 86 valence electrons. The fourth-order valence-corrected chi connectivity index (χ4v) is 2.68. The van der Waals surface area contributed by atoms with Gasteiger partial charge in [0.15, 0.2) is 0 Å². The number of nitrogens with one attached hydrogen (secondary N) is 1. The third-order valence-corrected chi connectivity index (χ3v) is 3.48. The molecule has 0 saturated carbocycles. The highest BCUT2D eigenvalue weighted by Gasteiger charge is 2.22. The monoisotopic (exact) mass is 234 g/mol. The van der Waals surface area contributed by atoms with E-state index in [2.05, 4.69) is 24.4 Å². The van der Waals surface area contributed by atoms with Gasteiger partial charge >= 0.3 is 0 Å². The van der Waals surface area contributed by atoms with E-state index in [1.165, 1.54) is 11.1 Å². The number of rotatable bonds is 3. The molecule has 1 aromatic carbocycles. The van der Waals surface area contributed by atoms with Crippen molar-refractivity contribution in [1.82, 2.24) is 5.32 Å². The van der Waals surface area contributed by atoms with Gasteiger partial charge < -0.3 is 11.1 Å². The van der Waals surface area contributed by atoms with Gasteiger partial charge in [0.2, 0.25) is 0 Å². The second-order valence-electron chi connectivity index (χ2n) is 4.31. The molecule has 0 saturated heterocycles. The van der Waals surface area contributed by atoms with Crippen molar-refractivity contribution in [3.05, 3.63) is 29.3 Å². The van der Waals surface area contributed by atoms with E-state index in [1.54, 1.807) is 0 Å². The Labute approximate surface area is 102 Å². The zero-order valence-corrected chi connectivity index (χ0v) is 10.4. The minimum absolute atomic E-state index is 0.249. The maximum absolute atomic E-state index is 5.81. The first-order valence-electron chi connectivity index (χ1n) is 5.86. The van der Waals surface area contributed by atoms with E-state index in [0.717, 1.165) is 36.4 Å². The predicted octanol–water partition coefficient (Wildman–Crippen LogP) is 2.63. The van der Waals surface area contributed by atoms with Gasteiger partial charge in [0.25, 0.3) is 0 Å². The summed E-state index contributed by atoms with van der Waals surface area (Å²) in [6, 6.07) is 6.41. The highest BCUT2D eigenvalue weighted by Crippen LogP contribution is 2.27. The highest BCUT2D eigenvalue weighted by molar-refractivity contribution is 7.80. The molecule has 1 heterocycles. The largest absolute Gasteiger partial charge is 0.399 e. The molecule has 1 aromatic rings. The predicted molar refractivity (Wildman–Crippen MR) is 72.8 cm³/mol. The molecule has 1 unspecified atom stereocenters. The van der Waals surface area contributed by atoms with Crippen molar-refractivity contribution in [3.8, 4) is 0 Å². The maximum atomic E-state index is 5.81. The van der Waals surface area contributed by atoms with Gasteiger partial charge in [0.05, 0.1) is 6.04 Å². The number of anilines is 1. The van der Waals surface area contributed by atoms with Gasteiger partial charge in [-0.3, -0.25) is 0 Å². The van der Waals surface area contributed by atoms with Crippen LogP contribution in [0.15, 0.2) is 18.2 Å². The first-order chi connectivity index (χ1) is 7.72. The Kier molecular flexibility index (Phi) is 3.56. The molecular weight excluding hydrogens is 216 g/mol. The summed E-state index contributed by atoms with van der Waals surface area (Å²) in [5, 5.41) is 3.50. The second-order valence-corrected chi connectivity index (χ2v) is 4.84. The number of benzene rings is 1. The van der Waals surface area contributed by atoms with Crippen molar-refractivity contribution in [2.45, 2.75) is 32.2 Å². The van der Waals surface area contributed by atoms with Gasteiger partial charge in [-0.2, -0.15) is 0 Å². The van der Waals surface area contributed by atoms with Crippen molar-refractivity contribution in [3.63, 3.8) is 0 Å². The van der Waals surface area contributed by atoms with Crippen LogP contribution in [-0.2, 0) is 6.42 Å². The molecule has 0 radical (unpaired) electrons. The van der Waals surface area contributed by atoms with E-state index in [0.29, 0.717) is 0 Å². The molecule has 0 amide bonds. The van der Waals surface area contributed by atoms with Crippen LogP contribution in [-0.4, -0.2) is 11.4 Å². The molecule has 0 aromatic heterocycles. The fourth-order valence-electron chi connectivity index (χ4n) is 2.26. The van der Waals surface area contributed by atoms with E-state index < -0.39 is 0 Å². The lowest BCUT2D eigenvalue weighted by molar-refractivity contribution is 0.601. The lowest BCUT2D eigenvalue weighted by atomic mass is 9.91. The van der Waals surface area contributed by atoms with Gasteiger partial charge in [-0.1, -0.05) is 31.6 Å². The van der Waals surface area contributed by atoms with E-state index in [9.17, 15) is 0 Å². The van der Waals surface area contributed by atoms with E-state index in [-0.39, 0.29) is 6.04 Å². The SMILES string of the molecule is CCCC(=S)C1NCCc2cc(N)ccc21. The Morgan fingerprint density at radius 2 is 2.38 bits per heavy atom. The minimum atomic E-state index is 0.249. The number of thiocarbonyl (C=S) groups is 1. The first-order valence-corrected chi connectivity index (χ1v) is 6.27. The molecule has 3 heteroatoms. The summed E-state index contributed by atoms with van der Waals surface area (Å²) in [4.78, 5) is 1.12. The smallest absolute Gasteiger partial charge is 0.0643 e. The standard InChI is InChI=1S/C13H18N2S/c1-2-3-12(16)13-11-5-4-10(14)8-9(11)6-7-15-13/h4-5,8,13,15H,2-3,6-7,14H2,1H3. The number of fused-ring (bicyclic) bond motifs is 1. The molecule has 2 rings (SSSR count). The fraction of sp³-hybridized carbons (Fsp3) is 0.462. The summed E-state index contributed by atoms with van der Waals surface area (Å²) >= 11 is 5.49. The van der Waals surface area contributed by atoms with Crippen LogP contribution < -0.4 is 11.1 Å². The van der Waals surface area contributed by atoms with Gasteiger partial charge in [-0.15, -0.1) is 0 Å². The minimum Gasteiger partial charge on any atom is -0.399 e. The quantitative estimate of drug-likeness (QED) is 0.623. The van der Waals surface area contributed by atoms with Gasteiger partial charge in [-0.05, 0) is 36.1 Å². The molecule has 0 spiro atoms. The third-order valence-electron chi connectivity index (χ3n) is 3.04. The number of hydrogen-bond donors (Lipinski definition) is 2. The Morgan fingerprint density at radius 3 is 3.12 bits per heavy atom. The van der Waals surface area contributed by atoms with E-state index in [1.807, 2.05) is 6.07 Å². The Balaban J connectivity index is 2.29. The van der Waals surface area contributed by atoms with Crippen molar-refractivity contribution in [2.24, 2.45) is 0 Å². The third kappa shape index (κ3) is 2.25. The Hall–Kier alpha value is -0.930. The molecule has 1 aliphatic heterocycles. The molecule has 0 fully saturated rings. The van der Waals surface area contributed by atoms with Crippen LogP contribution in [0.25, 0.3) is 0 Å². The first kappa shape index (κ1) is 11.6. The summed E-state index contributed by atoms with van der Waals surface area (Å²) < 4.78 is 0.